The number of carbonyl (C=O) groups excluding carboxylic acids is 1. The van der Waals surface area contributed by atoms with Crippen molar-refractivity contribution in [3.63, 3.8) is 0 Å². The van der Waals surface area contributed by atoms with E-state index in [-0.39, 0.29) is 23.0 Å². The molecule has 0 fully saturated rings. The first-order valence-corrected chi connectivity index (χ1v) is 7.44. The lowest BCUT2D eigenvalue weighted by Gasteiger charge is -2.16. The summed E-state index contributed by atoms with van der Waals surface area (Å²) in [6.45, 7) is 0.910. The zero-order chi connectivity index (χ0) is 16.0. The summed E-state index contributed by atoms with van der Waals surface area (Å²) in [6.07, 6.45) is 0. The highest BCUT2D eigenvalue weighted by molar-refractivity contribution is 6.01. The van der Waals surface area contributed by atoms with Crippen molar-refractivity contribution in [2.24, 2.45) is 0 Å². The second-order valence-electron chi connectivity index (χ2n) is 5.81. The summed E-state index contributed by atoms with van der Waals surface area (Å²) < 4.78 is 0. The minimum atomic E-state index is -0.325. The molecule has 4 rings (SSSR count). The maximum Gasteiger partial charge on any atom is 0.258 e. The van der Waals surface area contributed by atoms with Gasteiger partial charge in [-0.05, 0) is 34.0 Å². The zero-order valence-corrected chi connectivity index (χ0v) is 12.4. The van der Waals surface area contributed by atoms with Gasteiger partial charge in [0.2, 0.25) is 0 Å². The van der Waals surface area contributed by atoms with Crippen molar-refractivity contribution in [3.8, 4) is 11.5 Å². The van der Waals surface area contributed by atoms with Gasteiger partial charge in [-0.3, -0.25) is 4.79 Å². The molecule has 0 spiro atoms. The van der Waals surface area contributed by atoms with Crippen molar-refractivity contribution in [1.82, 2.24) is 4.90 Å². The fraction of sp³-hybridized carbons (Fsp3) is 0.105. The second kappa shape index (κ2) is 5.02. The van der Waals surface area contributed by atoms with Crippen molar-refractivity contribution in [2.45, 2.75) is 13.1 Å². The smallest absolute Gasteiger partial charge is 0.258 e. The molecule has 3 aromatic rings. The van der Waals surface area contributed by atoms with Crippen LogP contribution in [0.5, 0.6) is 11.5 Å². The largest absolute Gasteiger partial charge is 0.504 e. The van der Waals surface area contributed by atoms with Gasteiger partial charge in [0.05, 0.1) is 5.56 Å². The SMILES string of the molecule is O=C1c2c(ccc(O)c2O)CN1Cc1ccc2ccccc2c1. The van der Waals surface area contributed by atoms with Crippen LogP contribution in [0, 0.1) is 0 Å². The molecular weight excluding hydrogens is 290 g/mol. The Morgan fingerprint density at radius 2 is 1.74 bits per heavy atom. The molecule has 1 heterocycles. The molecule has 4 heteroatoms. The predicted octanol–water partition coefficient (Wildman–Crippen LogP) is 3.41. The van der Waals surface area contributed by atoms with E-state index < -0.39 is 0 Å². The molecular formula is C19H15NO3. The molecule has 4 nitrogen and oxygen atoms in total. The van der Waals surface area contributed by atoms with Crippen LogP contribution in [-0.2, 0) is 13.1 Å². The monoisotopic (exact) mass is 305 g/mol. The van der Waals surface area contributed by atoms with E-state index in [0.29, 0.717) is 13.1 Å². The molecule has 0 bridgehead atoms. The van der Waals surface area contributed by atoms with Crippen molar-refractivity contribution in [3.05, 3.63) is 71.3 Å². The molecule has 1 aliphatic rings. The van der Waals surface area contributed by atoms with Gasteiger partial charge in [-0.15, -0.1) is 0 Å². The van der Waals surface area contributed by atoms with Crippen LogP contribution in [0.3, 0.4) is 0 Å². The van der Waals surface area contributed by atoms with Crippen LogP contribution in [0.1, 0.15) is 21.5 Å². The fourth-order valence-corrected chi connectivity index (χ4v) is 3.11. The highest BCUT2D eigenvalue weighted by Gasteiger charge is 2.31. The first-order chi connectivity index (χ1) is 11.1. The first kappa shape index (κ1) is 13.6. The lowest BCUT2D eigenvalue weighted by molar-refractivity contribution is 0.0764. The van der Waals surface area contributed by atoms with Gasteiger partial charge in [-0.1, -0.05) is 42.5 Å². The van der Waals surface area contributed by atoms with Crippen molar-refractivity contribution < 1.29 is 15.0 Å². The Balaban J connectivity index is 1.65. The third kappa shape index (κ3) is 2.19. The van der Waals surface area contributed by atoms with Gasteiger partial charge < -0.3 is 15.1 Å². The summed E-state index contributed by atoms with van der Waals surface area (Å²) in [6, 6.07) is 17.3. The number of phenolic OH excluding ortho intramolecular Hbond substituents is 2. The number of hydrogen-bond acceptors (Lipinski definition) is 3. The Morgan fingerprint density at radius 1 is 0.957 bits per heavy atom. The molecule has 0 saturated carbocycles. The normalized spacial score (nSPS) is 13.6. The minimum Gasteiger partial charge on any atom is -0.504 e. The molecule has 0 atom stereocenters. The average Bonchev–Trinajstić information content (AvgIpc) is 2.88. The van der Waals surface area contributed by atoms with Gasteiger partial charge in [-0.2, -0.15) is 0 Å². The Hall–Kier alpha value is -3.01. The highest BCUT2D eigenvalue weighted by atomic mass is 16.3. The Labute approximate surface area is 133 Å². The van der Waals surface area contributed by atoms with E-state index in [4.69, 9.17) is 0 Å². The molecule has 0 unspecified atom stereocenters. The summed E-state index contributed by atoms with van der Waals surface area (Å²) in [5.41, 5.74) is 1.99. The summed E-state index contributed by atoms with van der Waals surface area (Å²) in [5, 5.41) is 21.8. The number of rotatable bonds is 2. The molecule has 0 aliphatic carbocycles. The molecule has 0 radical (unpaired) electrons. The summed E-state index contributed by atoms with van der Waals surface area (Å²) in [5.74, 6) is -0.834. The van der Waals surface area contributed by atoms with Crippen LogP contribution in [-0.4, -0.2) is 21.0 Å². The van der Waals surface area contributed by atoms with Gasteiger partial charge >= 0.3 is 0 Å². The van der Waals surface area contributed by atoms with Gasteiger partial charge in [0.25, 0.3) is 5.91 Å². The molecule has 114 valence electrons. The Morgan fingerprint density at radius 3 is 2.57 bits per heavy atom. The number of carbonyl (C=O) groups is 1. The first-order valence-electron chi connectivity index (χ1n) is 7.44. The molecule has 0 saturated heterocycles. The van der Waals surface area contributed by atoms with Crippen molar-refractivity contribution in [2.75, 3.05) is 0 Å². The van der Waals surface area contributed by atoms with Crippen molar-refractivity contribution >= 4 is 16.7 Å². The average molecular weight is 305 g/mol. The number of hydrogen-bond donors (Lipinski definition) is 2. The Bertz CT molecular complexity index is 933. The summed E-state index contributed by atoms with van der Waals surface area (Å²) >= 11 is 0. The number of fused-ring (bicyclic) bond motifs is 2. The van der Waals surface area contributed by atoms with Crippen LogP contribution < -0.4 is 0 Å². The number of amides is 1. The number of phenols is 2. The standard InChI is InChI=1S/C19H15NO3/c21-16-8-7-15-11-20(19(23)17(15)18(16)22)10-12-5-6-13-3-1-2-4-14(13)9-12/h1-9,21-22H,10-11H2. The number of nitrogens with zero attached hydrogens (tertiary/aromatic N) is 1. The lowest BCUT2D eigenvalue weighted by atomic mass is 10.1. The zero-order valence-electron chi connectivity index (χ0n) is 12.4. The molecule has 2 N–H and O–H groups in total. The molecule has 23 heavy (non-hydrogen) atoms. The second-order valence-corrected chi connectivity index (χ2v) is 5.81. The van der Waals surface area contributed by atoms with E-state index in [0.717, 1.165) is 21.9 Å². The van der Waals surface area contributed by atoms with Gasteiger partial charge in [0.15, 0.2) is 11.5 Å². The van der Waals surface area contributed by atoms with Crippen LogP contribution in [0.15, 0.2) is 54.6 Å². The summed E-state index contributed by atoms with van der Waals surface area (Å²) in [7, 11) is 0. The maximum atomic E-state index is 12.5. The van der Waals surface area contributed by atoms with Crippen LogP contribution >= 0.6 is 0 Å². The van der Waals surface area contributed by atoms with E-state index in [1.54, 1.807) is 11.0 Å². The highest BCUT2D eigenvalue weighted by Crippen LogP contribution is 2.37. The predicted molar refractivity (Wildman–Crippen MR) is 87.3 cm³/mol. The lowest BCUT2D eigenvalue weighted by Crippen LogP contribution is -2.23. The molecule has 1 amide bonds. The van der Waals surface area contributed by atoms with Crippen LogP contribution in [0.2, 0.25) is 0 Å². The fourth-order valence-electron chi connectivity index (χ4n) is 3.11. The van der Waals surface area contributed by atoms with Gasteiger partial charge in [0, 0.05) is 13.1 Å². The Kier molecular flexibility index (Phi) is 2.98. The van der Waals surface area contributed by atoms with E-state index in [9.17, 15) is 15.0 Å². The topological polar surface area (TPSA) is 60.8 Å². The van der Waals surface area contributed by atoms with Crippen molar-refractivity contribution in [1.29, 1.82) is 0 Å². The quantitative estimate of drug-likeness (QED) is 0.713. The minimum absolute atomic E-state index is 0.214. The number of aromatic hydroxyl groups is 2. The molecule has 3 aromatic carbocycles. The van der Waals surface area contributed by atoms with E-state index in [2.05, 4.69) is 12.1 Å². The summed E-state index contributed by atoms with van der Waals surface area (Å²) in [4.78, 5) is 14.2. The van der Waals surface area contributed by atoms with Crippen LogP contribution in [0.25, 0.3) is 10.8 Å². The third-order valence-electron chi connectivity index (χ3n) is 4.29. The molecule has 0 aromatic heterocycles. The van der Waals surface area contributed by atoms with E-state index in [1.165, 1.54) is 6.07 Å². The maximum absolute atomic E-state index is 12.5. The van der Waals surface area contributed by atoms with Crippen LogP contribution in [0.4, 0.5) is 0 Å². The van der Waals surface area contributed by atoms with E-state index in [1.807, 2.05) is 30.3 Å². The van der Waals surface area contributed by atoms with Gasteiger partial charge in [-0.25, -0.2) is 0 Å². The van der Waals surface area contributed by atoms with E-state index >= 15 is 0 Å². The third-order valence-corrected chi connectivity index (χ3v) is 4.29. The van der Waals surface area contributed by atoms with Gasteiger partial charge in [0.1, 0.15) is 0 Å². The number of benzene rings is 3. The molecule has 1 aliphatic heterocycles.